The third kappa shape index (κ3) is 3.38. The Morgan fingerprint density at radius 2 is 1.95 bits per heavy atom. The highest BCUT2D eigenvalue weighted by molar-refractivity contribution is 7.80. The molecular weight excluding hydrogens is 278 g/mol. The first-order valence-corrected chi connectivity index (χ1v) is 8.29. The summed E-state index contributed by atoms with van der Waals surface area (Å²) in [5.41, 5.74) is 7.19. The van der Waals surface area contributed by atoms with Crippen LogP contribution in [0.4, 0.5) is 5.69 Å². The summed E-state index contributed by atoms with van der Waals surface area (Å²) in [4.78, 5) is 0. The van der Waals surface area contributed by atoms with E-state index >= 15 is 0 Å². The third-order valence-electron chi connectivity index (χ3n) is 4.62. The van der Waals surface area contributed by atoms with Crippen molar-refractivity contribution < 1.29 is 0 Å². The van der Waals surface area contributed by atoms with Crippen LogP contribution in [0, 0.1) is 19.8 Å². The zero-order valence-electron chi connectivity index (χ0n) is 13.8. The van der Waals surface area contributed by atoms with Crippen molar-refractivity contribution in [2.45, 2.75) is 59.5 Å². The monoisotopic (exact) mass is 305 g/mol. The SMILES string of the molecule is CC[C@H](C)C[C@@]1(CC)NC(=S)N(c2ccc(C)c(C)c2)N1. The van der Waals surface area contributed by atoms with E-state index in [1.807, 2.05) is 5.01 Å². The fourth-order valence-electron chi connectivity index (χ4n) is 2.75. The molecule has 0 aliphatic carbocycles. The van der Waals surface area contributed by atoms with Gasteiger partial charge in [-0.05, 0) is 68.1 Å². The highest BCUT2D eigenvalue weighted by Crippen LogP contribution is 2.28. The molecule has 116 valence electrons. The summed E-state index contributed by atoms with van der Waals surface area (Å²) in [5.74, 6) is 0.660. The van der Waals surface area contributed by atoms with E-state index in [2.05, 4.69) is 63.6 Å². The number of hydrazine groups is 1. The molecule has 1 fully saturated rings. The number of thiocarbonyl (C=S) groups is 1. The maximum atomic E-state index is 5.56. The van der Waals surface area contributed by atoms with Crippen LogP contribution >= 0.6 is 12.2 Å². The van der Waals surface area contributed by atoms with E-state index < -0.39 is 0 Å². The molecule has 0 radical (unpaired) electrons. The molecule has 1 aromatic carbocycles. The standard InChI is InChI=1S/C17H27N3S/c1-6-12(3)11-17(7-2)18-16(21)20(19-17)15-9-8-13(4)14(5)10-15/h8-10,12,19H,6-7,11H2,1-5H3,(H,18,21)/t12-,17-/m0/s1. The highest BCUT2D eigenvalue weighted by atomic mass is 32.1. The maximum absolute atomic E-state index is 5.56. The van der Waals surface area contributed by atoms with E-state index in [1.54, 1.807) is 0 Å². The van der Waals surface area contributed by atoms with Crippen LogP contribution < -0.4 is 15.8 Å². The number of hydrogen-bond donors (Lipinski definition) is 2. The first-order chi connectivity index (χ1) is 9.90. The average molecular weight is 305 g/mol. The van der Waals surface area contributed by atoms with E-state index in [0.29, 0.717) is 5.92 Å². The van der Waals surface area contributed by atoms with Gasteiger partial charge >= 0.3 is 0 Å². The molecule has 2 atom stereocenters. The van der Waals surface area contributed by atoms with E-state index in [1.165, 1.54) is 17.5 Å². The van der Waals surface area contributed by atoms with Crippen LogP contribution in [-0.2, 0) is 0 Å². The number of nitrogens with zero attached hydrogens (tertiary/aromatic N) is 1. The van der Waals surface area contributed by atoms with E-state index in [9.17, 15) is 0 Å². The molecule has 0 saturated carbocycles. The van der Waals surface area contributed by atoms with Crippen molar-refractivity contribution in [1.82, 2.24) is 10.7 Å². The van der Waals surface area contributed by atoms with Crippen molar-refractivity contribution in [1.29, 1.82) is 0 Å². The van der Waals surface area contributed by atoms with Gasteiger partial charge in [-0.2, -0.15) is 0 Å². The number of aryl methyl sites for hydroxylation is 2. The van der Waals surface area contributed by atoms with Crippen molar-refractivity contribution in [2.24, 2.45) is 5.92 Å². The Morgan fingerprint density at radius 1 is 1.24 bits per heavy atom. The lowest BCUT2D eigenvalue weighted by atomic mass is 9.93. The van der Waals surface area contributed by atoms with Crippen LogP contribution in [-0.4, -0.2) is 10.8 Å². The van der Waals surface area contributed by atoms with E-state index in [4.69, 9.17) is 12.2 Å². The van der Waals surface area contributed by atoms with Crippen LogP contribution in [0.3, 0.4) is 0 Å². The number of hydrogen-bond acceptors (Lipinski definition) is 2. The summed E-state index contributed by atoms with van der Waals surface area (Å²) < 4.78 is 0. The molecule has 0 aromatic heterocycles. The summed E-state index contributed by atoms with van der Waals surface area (Å²) >= 11 is 5.56. The van der Waals surface area contributed by atoms with Crippen molar-refractivity contribution >= 4 is 23.0 Å². The maximum Gasteiger partial charge on any atom is 0.189 e. The Hall–Kier alpha value is -1.13. The Labute approximate surface area is 134 Å². The molecule has 1 heterocycles. The van der Waals surface area contributed by atoms with Gasteiger partial charge in [-0.1, -0.05) is 33.3 Å². The number of nitrogens with one attached hydrogen (secondary N) is 2. The molecule has 3 nitrogen and oxygen atoms in total. The minimum absolute atomic E-state index is 0.120. The van der Waals surface area contributed by atoms with Crippen molar-refractivity contribution in [3.05, 3.63) is 29.3 Å². The molecule has 0 unspecified atom stereocenters. The third-order valence-corrected chi connectivity index (χ3v) is 4.91. The van der Waals surface area contributed by atoms with Gasteiger partial charge in [-0.25, -0.2) is 5.43 Å². The Kier molecular flexibility index (Phi) is 4.89. The second-order valence-electron chi connectivity index (χ2n) is 6.30. The second-order valence-corrected chi connectivity index (χ2v) is 6.69. The molecule has 0 bridgehead atoms. The molecule has 4 heteroatoms. The molecular formula is C17H27N3S. The zero-order valence-corrected chi connectivity index (χ0v) is 14.6. The van der Waals surface area contributed by atoms with Crippen LogP contribution in [0.2, 0.25) is 0 Å². The van der Waals surface area contributed by atoms with Gasteiger partial charge in [-0.3, -0.25) is 5.01 Å². The Balaban J connectivity index is 2.23. The second kappa shape index (κ2) is 6.32. The molecule has 0 spiro atoms. The van der Waals surface area contributed by atoms with Gasteiger partial charge < -0.3 is 5.32 Å². The first kappa shape index (κ1) is 16.2. The normalized spacial score (nSPS) is 23.3. The fraction of sp³-hybridized carbons (Fsp3) is 0.588. The van der Waals surface area contributed by atoms with Gasteiger partial charge in [-0.15, -0.1) is 0 Å². The number of rotatable bonds is 5. The molecule has 1 aromatic rings. The minimum Gasteiger partial charge on any atom is -0.342 e. The summed E-state index contributed by atoms with van der Waals surface area (Å²) in [5, 5.41) is 6.30. The predicted octanol–water partition coefficient (Wildman–Crippen LogP) is 4.05. The summed E-state index contributed by atoms with van der Waals surface area (Å²) in [6, 6.07) is 6.46. The Bertz CT molecular complexity index is 529. The van der Waals surface area contributed by atoms with Gasteiger partial charge in [0, 0.05) is 0 Å². The largest absolute Gasteiger partial charge is 0.342 e. The van der Waals surface area contributed by atoms with Gasteiger partial charge in [0.15, 0.2) is 5.11 Å². The number of anilines is 1. The molecule has 0 amide bonds. The lowest BCUT2D eigenvalue weighted by Gasteiger charge is -2.31. The topological polar surface area (TPSA) is 27.3 Å². The van der Waals surface area contributed by atoms with Crippen molar-refractivity contribution in [3.63, 3.8) is 0 Å². The van der Waals surface area contributed by atoms with Crippen LogP contribution in [0.15, 0.2) is 18.2 Å². The van der Waals surface area contributed by atoms with E-state index in [-0.39, 0.29) is 5.66 Å². The van der Waals surface area contributed by atoms with Crippen LogP contribution in [0.25, 0.3) is 0 Å². The van der Waals surface area contributed by atoms with Crippen molar-refractivity contribution in [3.8, 4) is 0 Å². The molecule has 2 rings (SSSR count). The van der Waals surface area contributed by atoms with Gasteiger partial charge in [0.1, 0.15) is 5.66 Å². The molecule has 1 aliphatic rings. The Morgan fingerprint density at radius 3 is 2.52 bits per heavy atom. The minimum atomic E-state index is -0.120. The average Bonchev–Trinajstić information content (AvgIpc) is 2.79. The van der Waals surface area contributed by atoms with E-state index in [0.717, 1.165) is 23.6 Å². The molecule has 1 aliphatic heterocycles. The first-order valence-electron chi connectivity index (χ1n) is 7.88. The van der Waals surface area contributed by atoms with Gasteiger partial charge in [0.05, 0.1) is 5.69 Å². The summed E-state index contributed by atoms with van der Waals surface area (Å²) in [7, 11) is 0. The summed E-state index contributed by atoms with van der Waals surface area (Å²) in [6.07, 6.45) is 3.25. The van der Waals surface area contributed by atoms with Crippen molar-refractivity contribution in [2.75, 3.05) is 5.01 Å². The lowest BCUT2D eigenvalue weighted by Crippen LogP contribution is -2.51. The van der Waals surface area contributed by atoms with Crippen LogP contribution in [0.5, 0.6) is 0 Å². The quantitative estimate of drug-likeness (QED) is 0.803. The van der Waals surface area contributed by atoms with Gasteiger partial charge in [0.25, 0.3) is 0 Å². The van der Waals surface area contributed by atoms with Gasteiger partial charge in [0.2, 0.25) is 0 Å². The summed E-state index contributed by atoms with van der Waals surface area (Å²) in [6.45, 7) is 11.0. The fourth-order valence-corrected chi connectivity index (χ4v) is 3.09. The smallest absolute Gasteiger partial charge is 0.189 e. The highest BCUT2D eigenvalue weighted by Gasteiger charge is 2.39. The zero-order chi connectivity index (χ0) is 15.6. The molecule has 1 saturated heterocycles. The predicted molar refractivity (Wildman–Crippen MR) is 94.4 cm³/mol. The lowest BCUT2D eigenvalue weighted by molar-refractivity contribution is 0.255. The molecule has 2 N–H and O–H groups in total. The number of benzene rings is 1. The van der Waals surface area contributed by atoms with Crippen LogP contribution in [0.1, 0.15) is 51.2 Å². The molecule has 21 heavy (non-hydrogen) atoms.